The number of likely N-dealkylation sites (N-methyl/N-ethyl adjacent to an activating group) is 1. The molecule has 1 aliphatic heterocycles. The van der Waals surface area contributed by atoms with E-state index < -0.39 is 0 Å². The molecule has 3 heteroatoms. The first-order valence-electron chi connectivity index (χ1n) is 7.36. The minimum atomic E-state index is 0.758. The number of hydrogen-bond donors (Lipinski definition) is 1. The third-order valence-electron chi connectivity index (χ3n) is 4.85. The van der Waals surface area contributed by atoms with Gasteiger partial charge in [-0.3, -0.25) is 4.90 Å². The summed E-state index contributed by atoms with van der Waals surface area (Å²) in [5.74, 6) is 0. The van der Waals surface area contributed by atoms with E-state index in [0.29, 0.717) is 0 Å². The van der Waals surface area contributed by atoms with E-state index in [0.717, 1.165) is 18.1 Å². The Balaban J connectivity index is 1.89. The lowest BCUT2D eigenvalue weighted by atomic mass is 9.89. The zero-order valence-corrected chi connectivity index (χ0v) is 11.8. The van der Waals surface area contributed by atoms with Crippen LogP contribution in [0.5, 0.6) is 0 Å². The predicted octanol–water partition coefficient (Wildman–Crippen LogP) is 1.54. The highest BCUT2D eigenvalue weighted by atomic mass is 15.3. The molecule has 2 rings (SSSR count). The zero-order chi connectivity index (χ0) is 12.3. The highest BCUT2D eigenvalue weighted by molar-refractivity contribution is 4.88. The van der Waals surface area contributed by atoms with Crippen LogP contribution in [-0.2, 0) is 0 Å². The SMILES string of the molecule is CCC1CN(C2CCCC(NC)C2)CCN1C. The molecule has 3 nitrogen and oxygen atoms in total. The van der Waals surface area contributed by atoms with Gasteiger partial charge in [-0.05, 0) is 39.8 Å². The van der Waals surface area contributed by atoms with Crippen LogP contribution in [0.4, 0.5) is 0 Å². The van der Waals surface area contributed by atoms with Crippen molar-refractivity contribution >= 4 is 0 Å². The number of hydrogen-bond acceptors (Lipinski definition) is 3. The van der Waals surface area contributed by atoms with Crippen LogP contribution >= 0.6 is 0 Å². The van der Waals surface area contributed by atoms with Crippen molar-refractivity contribution < 1.29 is 0 Å². The molecule has 0 aromatic heterocycles. The third kappa shape index (κ3) is 3.21. The van der Waals surface area contributed by atoms with E-state index >= 15 is 0 Å². The molecule has 0 aromatic rings. The first kappa shape index (κ1) is 13.3. The predicted molar refractivity (Wildman–Crippen MR) is 73.4 cm³/mol. The Morgan fingerprint density at radius 1 is 1.24 bits per heavy atom. The molecule has 3 unspecified atom stereocenters. The molecule has 1 saturated heterocycles. The maximum absolute atomic E-state index is 3.47. The molecule has 1 saturated carbocycles. The Labute approximate surface area is 107 Å². The molecule has 17 heavy (non-hydrogen) atoms. The van der Waals surface area contributed by atoms with Crippen molar-refractivity contribution in [1.29, 1.82) is 0 Å². The normalized spacial score (nSPS) is 37.2. The monoisotopic (exact) mass is 239 g/mol. The van der Waals surface area contributed by atoms with Crippen LogP contribution in [0.25, 0.3) is 0 Å². The average Bonchev–Trinajstić information content (AvgIpc) is 2.39. The van der Waals surface area contributed by atoms with Gasteiger partial charge in [-0.1, -0.05) is 13.3 Å². The molecular weight excluding hydrogens is 210 g/mol. The molecule has 1 N–H and O–H groups in total. The summed E-state index contributed by atoms with van der Waals surface area (Å²) in [5, 5.41) is 3.47. The molecule has 0 spiro atoms. The van der Waals surface area contributed by atoms with Crippen LogP contribution in [0.15, 0.2) is 0 Å². The number of nitrogens with zero attached hydrogens (tertiary/aromatic N) is 2. The fourth-order valence-electron chi connectivity index (χ4n) is 3.50. The fraction of sp³-hybridized carbons (Fsp3) is 1.00. The topological polar surface area (TPSA) is 18.5 Å². The number of nitrogens with one attached hydrogen (secondary N) is 1. The van der Waals surface area contributed by atoms with Crippen molar-refractivity contribution in [2.24, 2.45) is 0 Å². The van der Waals surface area contributed by atoms with Gasteiger partial charge < -0.3 is 10.2 Å². The lowest BCUT2D eigenvalue weighted by molar-refractivity contribution is 0.0446. The summed E-state index contributed by atoms with van der Waals surface area (Å²) in [6.45, 7) is 6.13. The molecule has 100 valence electrons. The van der Waals surface area contributed by atoms with E-state index in [2.05, 4.69) is 36.1 Å². The lowest BCUT2D eigenvalue weighted by Crippen LogP contribution is -2.55. The molecule has 0 bridgehead atoms. The molecule has 0 radical (unpaired) electrons. The van der Waals surface area contributed by atoms with Crippen LogP contribution < -0.4 is 5.32 Å². The van der Waals surface area contributed by atoms with E-state index in [-0.39, 0.29) is 0 Å². The van der Waals surface area contributed by atoms with Gasteiger partial charge in [0.1, 0.15) is 0 Å². The van der Waals surface area contributed by atoms with E-state index in [1.807, 2.05) is 0 Å². The van der Waals surface area contributed by atoms with Crippen molar-refractivity contribution in [3.05, 3.63) is 0 Å². The van der Waals surface area contributed by atoms with Gasteiger partial charge in [0.2, 0.25) is 0 Å². The minimum absolute atomic E-state index is 0.758. The maximum atomic E-state index is 3.47. The third-order valence-corrected chi connectivity index (χ3v) is 4.85. The van der Waals surface area contributed by atoms with Crippen molar-refractivity contribution in [1.82, 2.24) is 15.1 Å². The smallest absolute Gasteiger partial charge is 0.0218 e. The van der Waals surface area contributed by atoms with Crippen LogP contribution in [-0.4, -0.2) is 61.7 Å². The second kappa shape index (κ2) is 6.17. The van der Waals surface area contributed by atoms with Gasteiger partial charge in [-0.2, -0.15) is 0 Å². The minimum Gasteiger partial charge on any atom is -0.317 e. The standard InChI is InChI=1S/C14H29N3/c1-4-13-11-17(9-8-16(13)3)14-7-5-6-12(10-14)15-2/h12-15H,4-11H2,1-3H3. The Morgan fingerprint density at radius 3 is 2.76 bits per heavy atom. The first-order valence-corrected chi connectivity index (χ1v) is 7.36. The van der Waals surface area contributed by atoms with E-state index in [9.17, 15) is 0 Å². The van der Waals surface area contributed by atoms with Crippen molar-refractivity contribution in [3.8, 4) is 0 Å². The van der Waals surface area contributed by atoms with Crippen molar-refractivity contribution in [2.75, 3.05) is 33.7 Å². The van der Waals surface area contributed by atoms with Crippen LogP contribution in [0, 0.1) is 0 Å². The average molecular weight is 239 g/mol. The lowest BCUT2D eigenvalue weighted by Gasteiger charge is -2.45. The number of piperazine rings is 1. The highest BCUT2D eigenvalue weighted by Gasteiger charge is 2.30. The number of rotatable bonds is 3. The van der Waals surface area contributed by atoms with Crippen molar-refractivity contribution in [2.45, 2.75) is 57.2 Å². The molecule has 3 atom stereocenters. The van der Waals surface area contributed by atoms with Gasteiger partial charge in [0.05, 0.1) is 0 Å². The first-order chi connectivity index (χ1) is 8.24. The van der Waals surface area contributed by atoms with E-state index in [1.165, 1.54) is 51.7 Å². The summed E-state index contributed by atoms with van der Waals surface area (Å²) in [7, 11) is 4.40. The molecule has 0 amide bonds. The fourth-order valence-corrected chi connectivity index (χ4v) is 3.50. The Morgan fingerprint density at radius 2 is 2.06 bits per heavy atom. The highest BCUT2D eigenvalue weighted by Crippen LogP contribution is 2.25. The van der Waals surface area contributed by atoms with Gasteiger partial charge >= 0.3 is 0 Å². The van der Waals surface area contributed by atoms with Gasteiger partial charge in [-0.25, -0.2) is 0 Å². The molecule has 1 aliphatic carbocycles. The summed E-state index contributed by atoms with van der Waals surface area (Å²) in [4.78, 5) is 5.30. The van der Waals surface area contributed by atoms with Gasteiger partial charge in [0, 0.05) is 37.8 Å². The van der Waals surface area contributed by atoms with Crippen LogP contribution in [0.3, 0.4) is 0 Å². The van der Waals surface area contributed by atoms with E-state index in [1.54, 1.807) is 0 Å². The second-order valence-electron chi connectivity index (χ2n) is 5.84. The summed E-state index contributed by atoms with van der Waals surface area (Å²) in [6.07, 6.45) is 6.83. The second-order valence-corrected chi connectivity index (χ2v) is 5.84. The van der Waals surface area contributed by atoms with Gasteiger partial charge in [0.15, 0.2) is 0 Å². The summed E-state index contributed by atoms with van der Waals surface area (Å²) in [5.41, 5.74) is 0. The summed E-state index contributed by atoms with van der Waals surface area (Å²) >= 11 is 0. The Kier molecular flexibility index (Phi) is 4.83. The summed E-state index contributed by atoms with van der Waals surface area (Å²) < 4.78 is 0. The van der Waals surface area contributed by atoms with Gasteiger partial charge in [-0.15, -0.1) is 0 Å². The van der Waals surface area contributed by atoms with E-state index in [4.69, 9.17) is 0 Å². The molecule has 2 fully saturated rings. The molecule has 2 aliphatic rings. The maximum Gasteiger partial charge on any atom is 0.0218 e. The molecular formula is C14H29N3. The van der Waals surface area contributed by atoms with Crippen LogP contribution in [0.2, 0.25) is 0 Å². The molecule has 0 aromatic carbocycles. The van der Waals surface area contributed by atoms with Gasteiger partial charge in [0.25, 0.3) is 0 Å². The quantitative estimate of drug-likeness (QED) is 0.806. The largest absolute Gasteiger partial charge is 0.317 e. The zero-order valence-electron chi connectivity index (χ0n) is 11.8. The van der Waals surface area contributed by atoms with Crippen molar-refractivity contribution in [3.63, 3.8) is 0 Å². The Bertz CT molecular complexity index is 232. The molecule has 1 heterocycles. The Hall–Kier alpha value is -0.120. The van der Waals surface area contributed by atoms with Crippen LogP contribution in [0.1, 0.15) is 39.0 Å². The summed E-state index contributed by atoms with van der Waals surface area (Å²) in [6, 6.07) is 2.37.